The van der Waals surface area contributed by atoms with Crippen LogP contribution in [0.5, 0.6) is 0 Å². The minimum Gasteiger partial charge on any atom is -0.401 e. The Bertz CT molecular complexity index is 1380. The first-order chi connectivity index (χ1) is 15.8. The molecule has 0 atom stereocenters. The summed E-state index contributed by atoms with van der Waals surface area (Å²) in [5.41, 5.74) is 2.22. The topological polar surface area (TPSA) is 123 Å². The number of sulfonamides is 1. The van der Waals surface area contributed by atoms with Crippen molar-refractivity contribution in [3.8, 4) is 11.6 Å². The molecule has 0 saturated carbocycles. The number of carbonyl (C=O) groups excluding carboxylic acids is 1. The SMILES string of the molecule is CCN(c1ccccc1)S(=O)(=O)c1ccc(C(=O)Nc2nnc(-c3cc(C)nn3C)o2)cc1. The predicted octanol–water partition coefficient (Wildman–Crippen LogP) is 3.25. The summed E-state index contributed by atoms with van der Waals surface area (Å²) in [7, 11) is -2.03. The van der Waals surface area contributed by atoms with Crippen LogP contribution in [0.3, 0.4) is 0 Å². The van der Waals surface area contributed by atoms with Gasteiger partial charge in [-0.05, 0) is 56.3 Å². The van der Waals surface area contributed by atoms with Crippen LogP contribution < -0.4 is 9.62 Å². The zero-order valence-corrected chi connectivity index (χ0v) is 19.1. The van der Waals surface area contributed by atoms with E-state index >= 15 is 0 Å². The molecule has 0 spiro atoms. The quantitative estimate of drug-likeness (QED) is 0.443. The number of anilines is 2. The Morgan fingerprint density at radius 3 is 2.39 bits per heavy atom. The summed E-state index contributed by atoms with van der Waals surface area (Å²) < 4.78 is 34.6. The number of carbonyl (C=O) groups is 1. The second-order valence-electron chi connectivity index (χ2n) is 7.19. The maximum atomic E-state index is 13.1. The number of nitrogens with zero attached hydrogens (tertiary/aromatic N) is 5. The summed E-state index contributed by atoms with van der Waals surface area (Å²) in [6.45, 7) is 3.87. The van der Waals surface area contributed by atoms with Crippen LogP contribution in [0, 0.1) is 6.92 Å². The molecule has 10 nitrogen and oxygen atoms in total. The van der Waals surface area contributed by atoms with Gasteiger partial charge in [0.15, 0.2) is 0 Å². The van der Waals surface area contributed by atoms with Crippen LogP contribution in [0.4, 0.5) is 11.7 Å². The number of benzene rings is 2. The smallest absolute Gasteiger partial charge is 0.322 e. The highest BCUT2D eigenvalue weighted by molar-refractivity contribution is 7.92. The third-order valence-corrected chi connectivity index (χ3v) is 6.82. The van der Waals surface area contributed by atoms with E-state index in [0.29, 0.717) is 11.4 Å². The van der Waals surface area contributed by atoms with Gasteiger partial charge in [-0.15, -0.1) is 5.10 Å². The van der Waals surface area contributed by atoms with E-state index in [2.05, 4.69) is 20.6 Å². The Balaban J connectivity index is 1.50. The van der Waals surface area contributed by atoms with Crippen molar-refractivity contribution in [1.82, 2.24) is 20.0 Å². The molecule has 1 amide bonds. The highest BCUT2D eigenvalue weighted by Crippen LogP contribution is 2.24. The highest BCUT2D eigenvalue weighted by atomic mass is 32.2. The van der Waals surface area contributed by atoms with Gasteiger partial charge in [0.1, 0.15) is 5.69 Å². The lowest BCUT2D eigenvalue weighted by Crippen LogP contribution is -2.30. The molecule has 0 unspecified atom stereocenters. The Morgan fingerprint density at radius 2 is 1.79 bits per heavy atom. The van der Waals surface area contributed by atoms with E-state index in [1.807, 2.05) is 13.0 Å². The first kappa shape index (κ1) is 22.2. The Kier molecular flexibility index (Phi) is 5.97. The molecule has 0 aliphatic rings. The van der Waals surface area contributed by atoms with Crippen molar-refractivity contribution in [1.29, 1.82) is 0 Å². The zero-order valence-electron chi connectivity index (χ0n) is 18.3. The lowest BCUT2D eigenvalue weighted by molar-refractivity contribution is 0.102. The largest absolute Gasteiger partial charge is 0.401 e. The van der Waals surface area contributed by atoms with Gasteiger partial charge in [-0.1, -0.05) is 23.3 Å². The highest BCUT2D eigenvalue weighted by Gasteiger charge is 2.24. The molecule has 0 aliphatic heterocycles. The first-order valence-corrected chi connectivity index (χ1v) is 11.6. The van der Waals surface area contributed by atoms with Gasteiger partial charge in [0.25, 0.3) is 21.8 Å². The average molecular weight is 467 g/mol. The average Bonchev–Trinajstić information content (AvgIpc) is 3.40. The third kappa shape index (κ3) is 4.48. The molecule has 1 N–H and O–H groups in total. The Labute approximate surface area is 190 Å². The number of hydrogen-bond donors (Lipinski definition) is 1. The molecule has 0 bridgehead atoms. The van der Waals surface area contributed by atoms with Gasteiger partial charge in [-0.3, -0.25) is 19.1 Å². The molecule has 0 aliphatic carbocycles. The van der Waals surface area contributed by atoms with Gasteiger partial charge >= 0.3 is 6.01 Å². The van der Waals surface area contributed by atoms with E-state index in [1.54, 1.807) is 49.0 Å². The summed E-state index contributed by atoms with van der Waals surface area (Å²) in [5, 5.41) is 14.5. The lowest BCUT2D eigenvalue weighted by atomic mass is 10.2. The fraction of sp³-hybridized carbons (Fsp3) is 0.182. The standard InChI is InChI=1S/C22H22N6O4S/c1-4-28(17-8-6-5-7-9-17)33(30,31)18-12-10-16(11-13-18)20(29)23-22-25-24-21(32-22)19-14-15(2)26-27(19)3/h5-14H,4H2,1-3H3,(H,23,25,29). The molecule has 4 rings (SSSR count). The number of para-hydroxylation sites is 1. The normalized spacial score (nSPS) is 11.4. The Morgan fingerprint density at radius 1 is 1.09 bits per heavy atom. The molecule has 0 saturated heterocycles. The number of hydrogen-bond acceptors (Lipinski definition) is 7. The van der Waals surface area contributed by atoms with Gasteiger partial charge in [0.05, 0.1) is 16.3 Å². The Hall–Kier alpha value is -3.99. The van der Waals surface area contributed by atoms with Crippen LogP contribution in [0.15, 0.2) is 70.0 Å². The van der Waals surface area contributed by atoms with Crippen LogP contribution >= 0.6 is 0 Å². The summed E-state index contributed by atoms with van der Waals surface area (Å²) >= 11 is 0. The molecule has 0 fully saturated rings. The second-order valence-corrected chi connectivity index (χ2v) is 9.05. The monoisotopic (exact) mass is 466 g/mol. The van der Waals surface area contributed by atoms with Crippen LogP contribution in [0.1, 0.15) is 23.0 Å². The number of aryl methyl sites for hydroxylation is 2. The van der Waals surface area contributed by atoms with Gasteiger partial charge in [-0.25, -0.2) is 8.42 Å². The van der Waals surface area contributed by atoms with Crippen molar-refractivity contribution in [2.24, 2.45) is 7.05 Å². The third-order valence-electron chi connectivity index (χ3n) is 4.90. The minimum atomic E-state index is -3.78. The molecule has 2 aromatic carbocycles. The van der Waals surface area contributed by atoms with Crippen molar-refractivity contribution in [2.75, 3.05) is 16.2 Å². The molecule has 2 heterocycles. The number of aromatic nitrogens is 4. The molecule has 4 aromatic rings. The number of amides is 1. The van der Waals surface area contributed by atoms with Crippen molar-refractivity contribution in [2.45, 2.75) is 18.7 Å². The molecule has 33 heavy (non-hydrogen) atoms. The van der Waals surface area contributed by atoms with Crippen molar-refractivity contribution < 1.29 is 17.6 Å². The van der Waals surface area contributed by atoms with E-state index in [-0.39, 0.29) is 28.9 Å². The van der Waals surface area contributed by atoms with Crippen molar-refractivity contribution in [3.05, 3.63) is 71.9 Å². The van der Waals surface area contributed by atoms with Crippen LogP contribution in [0.25, 0.3) is 11.6 Å². The predicted molar refractivity (Wildman–Crippen MR) is 122 cm³/mol. The summed E-state index contributed by atoms with van der Waals surface area (Å²) in [6.07, 6.45) is 0. The van der Waals surface area contributed by atoms with Gasteiger partial charge in [0.2, 0.25) is 0 Å². The molecule has 0 radical (unpaired) electrons. The molecule has 11 heteroatoms. The van der Waals surface area contributed by atoms with E-state index in [9.17, 15) is 13.2 Å². The molecule has 170 valence electrons. The summed E-state index contributed by atoms with van der Waals surface area (Å²) in [5.74, 6) is -0.291. The van der Waals surface area contributed by atoms with Gasteiger partial charge in [-0.2, -0.15) is 5.10 Å². The maximum Gasteiger partial charge on any atom is 0.322 e. The second kappa shape index (κ2) is 8.87. The molecular weight excluding hydrogens is 444 g/mol. The van der Waals surface area contributed by atoms with Crippen LogP contribution in [-0.2, 0) is 17.1 Å². The minimum absolute atomic E-state index is 0.0770. The number of nitrogens with one attached hydrogen (secondary N) is 1. The summed E-state index contributed by atoms with van der Waals surface area (Å²) in [4.78, 5) is 12.7. The van der Waals surface area contributed by atoms with Crippen LogP contribution in [-0.4, -0.2) is 40.8 Å². The van der Waals surface area contributed by atoms with Crippen molar-refractivity contribution in [3.63, 3.8) is 0 Å². The van der Waals surface area contributed by atoms with E-state index in [1.165, 1.54) is 28.6 Å². The zero-order chi connectivity index (χ0) is 23.6. The van der Waals surface area contributed by atoms with Crippen molar-refractivity contribution >= 4 is 27.6 Å². The van der Waals surface area contributed by atoms with E-state index in [4.69, 9.17) is 4.42 Å². The van der Waals surface area contributed by atoms with Gasteiger partial charge in [0, 0.05) is 19.2 Å². The van der Waals surface area contributed by atoms with E-state index in [0.717, 1.165) is 5.69 Å². The lowest BCUT2D eigenvalue weighted by Gasteiger charge is -2.22. The maximum absolute atomic E-state index is 13.1. The fourth-order valence-corrected chi connectivity index (χ4v) is 4.82. The van der Waals surface area contributed by atoms with Crippen LogP contribution in [0.2, 0.25) is 0 Å². The number of rotatable bonds is 7. The summed E-state index contributed by atoms with van der Waals surface area (Å²) in [6, 6.07) is 16.2. The van der Waals surface area contributed by atoms with Gasteiger partial charge < -0.3 is 4.42 Å². The fourth-order valence-electron chi connectivity index (χ4n) is 3.35. The first-order valence-electron chi connectivity index (χ1n) is 10.1. The van der Waals surface area contributed by atoms with E-state index < -0.39 is 15.9 Å². The molecular formula is C22H22N6O4S. The molecule has 2 aromatic heterocycles.